The Hall–Kier alpha value is -2.77. The quantitative estimate of drug-likeness (QED) is 0.658. The minimum atomic E-state index is -0.858. The average Bonchev–Trinajstić information content (AvgIpc) is 2.34. The molecule has 7 nitrogen and oxygen atoms in total. The molecule has 2 rings (SSSR count). The van der Waals surface area contributed by atoms with Gasteiger partial charge >= 0.3 is 0 Å². The molecule has 0 saturated heterocycles. The lowest BCUT2D eigenvalue weighted by Crippen LogP contribution is -1.96. The first-order chi connectivity index (χ1) is 8.56. The van der Waals surface area contributed by atoms with Crippen LogP contribution in [0.3, 0.4) is 0 Å². The topological polar surface area (TPSA) is 104 Å². The molecular formula is C10H7FN4O3. The molecule has 0 aliphatic heterocycles. The van der Waals surface area contributed by atoms with Crippen molar-refractivity contribution in [3.8, 4) is 11.6 Å². The van der Waals surface area contributed by atoms with Crippen molar-refractivity contribution in [1.29, 1.82) is 0 Å². The van der Waals surface area contributed by atoms with Crippen molar-refractivity contribution >= 4 is 11.5 Å². The van der Waals surface area contributed by atoms with Gasteiger partial charge in [-0.15, -0.1) is 0 Å². The number of nitro benzene ring substituents is 1. The van der Waals surface area contributed by atoms with Gasteiger partial charge in [-0.25, -0.2) is 14.4 Å². The average molecular weight is 250 g/mol. The third-order valence-corrected chi connectivity index (χ3v) is 1.99. The molecule has 0 atom stereocenters. The summed E-state index contributed by atoms with van der Waals surface area (Å²) in [6, 6.07) is 3.04. The molecule has 0 radical (unpaired) electrons. The van der Waals surface area contributed by atoms with Crippen LogP contribution in [0.15, 0.2) is 30.6 Å². The lowest BCUT2D eigenvalue weighted by Gasteiger charge is -2.04. The summed E-state index contributed by atoms with van der Waals surface area (Å²) in [5, 5.41) is 10.4. The van der Waals surface area contributed by atoms with Crippen LogP contribution in [-0.2, 0) is 0 Å². The van der Waals surface area contributed by atoms with E-state index in [1.54, 1.807) is 0 Å². The standard InChI is InChI=1S/C10H7FN4O3/c11-7-3-6(15(16)17)1-2-8(7)18-10-5-13-9(12)4-14-10/h1-5H,(H2,12,13). The minimum absolute atomic E-state index is 0.0388. The van der Waals surface area contributed by atoms with Crippen LogP contribution < -0.4 is 10.5 Å². The fourth-order valence-electron chi connectivity index (χ4n) is 1.18. The van der Waals surface area contributed by atoms with Crippen LogP contribution in [0.1, 0.15) is 0 Å². The molecule has 0 saturated carbocycles. The molecule has 2 aromatic rings. The summed E-state index contributed by atoms with van der Waals surface area (Å²) in [4.78, 5) is 17.2. The van der Waals surface area contributed by atoms with E-state index >= 15 is 0 Å². The van der Waals surface area contributed by atoms with Crippen LogP contribution in [0.4, 0.5) is 15.9 Å². The van der Waals surface area contributed by atoms with Crippen LogP contribution in [-0.4, -0.2) is 14.9 Å². The van der Waals surface area contributed by atoms with Crippen LogP contribution in [0, 0.1) is 15.9 Å². The van der Waals surface area contributed by atoms with Crippen molar-refractivity contribution < 1.29 is 14.1 Å². The fourth-order valence-corrected chi connectivity index (χ4v) is 1.18. The zero-order valence-electron chi connectivity index (χ0n) is 8.91. The fraction of sp³-hybridized carbons (Fsp3) is 0. The van der Waals surface area contributed by atoms with E-state index in [0.717, 1.165) is 18.2 Å². The molecule has 2 N–H and O–H groups in total. The molecule has 18 heavy (non-hydrogen) atoms. The van der Waals surface area contributed by atoms with Gasteiger partial charge in [0.2, 0.25) is 5.88 Å². The van der Waals surface area contributed by atoms with Gasteiger partial charge in [-0.2, -0.15) is 0 Å². The van der Waals surface area contributed by atoms with Crippen LogP contribution >= 0.6 is 0 Å². The summed E-state index contributed by atoms with van der Waals surface area (Å²) in [6.45, 7) is 0. The van der Waals surface area contributed by atoms with E-state index in [-0.39, 0.29) is 23.1 Å². The maximum Gasteiger partial charge on any atom is 0.272 e. The molecule has 1 aromatic carbocycles. The third-order valence-electron chi connectivity index (χ3n) is 1.99. The number of non-ortho nitro benzene ring substituents is 1. The molecule has 0 amide bonds. The summed E-state index contributed by atoms with van der Waals surface area (Å²) in [5.74, 6) is -0.800. The first-order valence-electron chi connectivity index (χ1n) is 4.75. The highest BCUT2D eigenvalue weighted by Crippen LogP contribution is 2.26. The predicted molar refractivity (Wildman–Crippen MR) is 59.6 cm³/mol. The van der Waals surface area contributed by atoms with Crippen molar-refractivity contribution in [3.05, 3.63) is 46.5 Å². The molecule has 0 unspecified atom stereocenters. The van der Waals surface area contributed by atoms with Gasteiger partial charge in [-0.05, 0) is 6.07 Å². The van der Waals surface area contributed by atoms with E-state index in [1.807, 2.05) is 0 Å². The molecule has 1 aromatic heterocycles. The highest BCUT2D eigenvalue weighted by atomic mass is 19.1. The summed E-state index contributed by atoms with van der Waals surface area (Å²) in [6.07, 6.45) is 2.47. The zero-order valence-corrected chi connectivity index (χ0v) is 8.91. The van der Waals surface area contributed by atoms with E-state index in [1.165, 1.54) is 12.4 Å². The Morgan fingerprint density at radius 3 is 2.67 bits per heavy atom. The van der Waals surface area contributed by atoms with Gasteiger partial charge in [0.25, 0.3) is 5.69 Å². The normalized spacial score (nSPS) is 10.1. The lowest BCUT2D eigenvalue weighted by atomic mass is 10.3. The van der Waals surface area contributed by atoms with E-state index < -0.39 is 10.7 Å². The van der Waals surface area contributed by atoms with Gasteiger partial charge < -0.3 is 10.5 Å². The van der Waals surface area contributed by atoms with Gasteiger partial charge in [0.15, 0.2) is 11.6 Å². The van der Waals surface area contributed by atoms with Crippen molar-refractivity contribution in [2.45, 2.75) is 0 Å². The molecule has 8 heteroatoms. The Bertz CT molecular complexity index is 588. The van der Waals surface area contributed by atoms with E-state index in [0.29, 0.717) is 0 Å². The lowest BCUT2D eigenvalue weighted by molar-refractivity contribution is -0.385. The Morgan fingerprint density at radius 2 is 2.11 bits per heavy atom. The summed E-state index contributed by atoms with van der Waals surface area (Å²) in [5.41, 5.74) is 4.97. The largest absolute Gasteiger partial charge is 0.434 e. The number of rotatable bonds is 3. The van der Waals surface area contributed by atoms with E-state index in [4.69, 9.17) is 10.5 Å². The van der Waals surface area contributed by atoms with Crippen LogP contribution in [0.5, 0.6) is 11.6 Å². The van der Waals surface area contributed by atoms with Crippen molar-refractivity contribution in [3.63, 3.8) is 0 Å². The molecule has 1 heterocycles. The first-order valence-corrected chi connectivity index (χ1v) is 4.75. The number of aromatic nitrogens is 2. The second-order valence-corrected chi connectivity index (χ2v) is 3.25. The highest BCUT2D eigenvalue weighted by molar-refractivity contribution is 5.39. The van der Waals surface area contributed by atoms with Gasteiger partial charge in [-0.3, -0.25) is 10.1 Å². The SMILES string of the molecule is Nc1cnc(Oc2ccc([N+](=O)[O-])cc2F)cn1. The Balaban J connectivity index is 2.24. The predicted octanol–water partition coefficient (Wildman–Crippen LogP) is 1.90. The van der Waals surface area contributed by atoms with Gasteiger partial charge in [-0.1, -0.05) is 0 Å². The molecule has 0 aliphatic carbocycles. The molecule has 92 valence electrons. The number of nitrogens with zero attached hydrogens (tertiary/aromatic N) is 3. The number of nitrogens with two attached hydrogens (primary N) is 1. The Labute approximate surface area is 100 Å². The zero-order chi connectivity index (χ0) is 13.1. The number of nitrogen functional groups attached to an aromatic ring is 1. The summed E-state index contributed by atoms with van der Waals surface area (Å²) >= 11 is 0. The number of benzene rings is 1. The maximum atomic E-state index is 13.5. The maximum absolute atomic E-state index is 13.5. The van der Waals surface area contributed by atoms with Crippen LogP contribution in [0.2, 0.25) is 0 Å². The van der Waals surface area contributed by atoms with Gasteiger partial charge in [0.1, 0.15) is 5.82 Å². The monoisotopic (exact) mass is 250 g/mol. The Kier molecular flexibility index (Phi) is 3.00. The molecular weight excluding hydrogens is 243 g/mol. The molecule has 0 spiro atoms. The van der Waals surface area contributed by atoms with Crippen molar-refractivity contribution in [2.24, 2.45) is 0 Å². The molecule has 0 bridgehead atoms. The minimum Gasteiger partial charge on any atom is -0.434 e. The van der Waals surface area contributed by atoms with E-state index in [2.05, 4.69) is 9.97 Å². The van der Waals surface area contributed by atoms with Gasteiger partial charge in [0, 0.05) is 6.07 Å². The number of halogens is 1. The van der Waals surface area contributed by atoms with Crippen LogP contribution in [0.25, 0.3) is 0 Å². The van der Waals surface area contributed by atoms with E-state index in [9.17, 15) is 14.5 Å². The Morgan fingerprint density at radius 1 is 1.33 bits per heavy atom. The first kappa shape index (κ1) is 11.7. The third kappa shape index (κ3) is 2.48. The second kappa shape index (κ2) is 4.62. The highest BCUT2D eigenvalue weighted by Gasteiger charge is 2.12. The summed E-state index contributed by atoms with van der Waals surface area (Å²) < 4.78 is 18.5. The smallest absolute Gasteiger partial charge is 0.272 e. The number of ether oxygens (including phenoxy) is 1. The number of nitro groups is 1. The summed E-state index contributed by atoms with van der Waals surface area (Å²) in [7, 11) is 0. The number of hydrogen-bond donors (Lipinski definition) is 1. The van der Waals surface area contributed by atoms with Crippen molar-refractivity contribution in [2.75, 3.05) is 5.73 Å². The van der Waals surface area contributed by atoms with Gasteiger partial charge in [0.05, 0.1) is 23.4 Å². The molecule has 0 fully saturated rings. The number of anilines is 1. The second-order valence-electron chi connectivity index (χ2n) is 3.25. The number of hydrogen-bond acceptors (Lipinski definition) is 6. The van der Waals surface area contributed by atoms with Crippen molar-refractivity contribution in [1.82, 2.24) is 9.97 Å². The molecule has 0 aliphatic rings.